The average Bonchev–Trinajstić information content (AvgIpc) is 2.38. The van der Waals surface area contributed by atoms with Gasteiger partial charge in [-0.2, -0.15) is 0 Å². The van der Waals surface area contributed by atoms with Crippen molar-refractivity contribution in [3.05, 3.63) is 46.3 Å². The zero-order chi connectivity index (χ0) is 13.8. The Balaban J connectivity index is 2.42. The number of halogens is 1. The minimum absolute atomic E-state index is 0.0790. The molecule has 0 saturated carbocycles. The number of ether oxygens (including phenoxy) is 1. The van der Waals surface area contributed by atoms with E-state index < -0.39 is 0 Å². The maximum Gasteiger partial charge on any atom is 0.313 e. The van der Waals surface area contributed by atoms with Crippen LogP contribution in [0.15, 0.2) is 34.8 Å². The van der Waals surface area contributed by atoms with E-state index in [-0.39, 0.29) is 12.4 Å². The Kier molecular flexibility index (Phi) is 4.27. The monoisotopic (exact) mass is 320 g/mol. The molecule has 0 aliphatic carbocycles. The van der Waals surface area contributed by atoms with E-state index in [1.54, 1.807) is 0 Å². The molecule has 19 heavy (non-hydrogen) atoms. The topological polar surface area (TPSA) is 52.1 Å². The molecule has 0 aliphatic heterocycles. The van der Waals surface area contributed by atoms with Gasteiger partial charge in [0.1, 0.15) is 12.2 Å². The molecule has 98 valence electrons. The Morgan fingerprint density at radius 2 is 2.05 bits per heavy atom. The number of esters is 1. The van der Waals surface area contributed by atoms with E-state index in [0.29, 0.717) is 5.82 Å². The van der Waals surface area contributed by atoms with Gasteiger partial charge in [0, 0.05) is 15.7 Å². The van der Waals surface area contributed by atoms with Crippen molar-refractivity contribution in [3.8, 4) is 11.3 Å². The standard InChI is InChI=1S/C14H13BrN2O2/c1-9-7-12(10-5-3-4-6-11(10)15)17-13(16-9)8-14(18)19-2/h3-7H,8H2,1-2H3. The average molecular weight is 321 g/mol. The van der Waals surface area contributed by atoms with Crippen molar-refractivity contribution in [2.75, 3.05) is 7.11 Å². The largest absolute Gasteiger partial charge is 0.469 e. The maximum absolute atomic E-state index is 11.3. The molecule has 0 unspecified atom stereocenters. The Bertz CT molecular complexity index is 614. The summed E-state index contributed by atoms with van der Waals surface area (Å²) in [7, 11) is 1.35. The van der Waals surface area contributed by atoms with Gasteiger partial charge in [-0.25, -0.2) is 9.97 Å². The molecule has 0 bridgehead atoms. The first-order valence-corrected chi connectivity index (χ1v) is 6.55. The molecule has 2 rings (SSSR count). The molecule has 2 aromatic rings. The summed E-state index contributed by atoms with van der Waals surface area (Å²) in [5.74, 6) is 0.126. The first-order chi connectivity index (χ1) is 9.10. The fourth-order valence-electron chi connectivity index (χ4n) is 1.72. The fraction of sp³-hybridized carbons (Fsp3) is 0.214. The molecule has 0 saturated heterocycles. The van der Waals surface area contributed by atoms with Crippen molar-refractivity contribution in [1.29, 1.82) is 0 Å². The summed E-state index contributed by atoms with van der Waals surface area (Å²) in [6.45, 7) is 1.88. The van der Waals surface area contributed by atoms with Crippen molar-refractivity contribution in [3.63, 3.8) is 0 Å². The van der Waals surface area contributed by atoms with Gasteiger partial charge in [0.05, 0.1) is 12.8 Å². The van der Waals surface area contributed by atoms with E-state index in [2.05, 4.69) is 30.6 Å². The first-order valence-electron chi connectivity index (χ1n) is 5.76. The fourth-order valence-corrected chi connectivity index (χ4v) is 2.21. The maximum atomic E-state index is 11.3. The van der Waals surface area contributed by atoms with Gasteiger partial charge in [0.2, 0.25) is 0 Å². The highest BCUT2D eigenvalue weighted by Gasteiger charge is 2.10. The molecule has 1 heterocycles. The Morgan fingerprint density at radius 1 is 1.32 bits per heavy atom. The summed E-state index contributed by atoms with van der Waals surface area (Å²) in [4.78, 5) is 20.0. The number of methoxy groups -OCH3 is 1. The lowest BCUT2D eigenvalue weighted by Gasteiger charge is -2.07. The van der Waals surface area contributed by atoms with Crippen LogP contribution in [0.3, 0.4) is 0 Å². The first kappa shape index (κ1) is 13.7. The number of rotatable bonds is 3. The Hall–Kier alpha value is -1.75. The van der Waals surface area contributed by atoms with Gasteiger partial charge >= 0.3 is 5.97 Å². The van der Waals surface area contributed by atoms with Crippen LogP contribution in [-0.4, -0.2) is 23.0 Å². The second-order valence-electron chi connectivity index (χ2n) is 4.04. The van der Waals surface area contributed by atoms with Crippen LogP contribution in [0.2, 0.25) is 0 Å². The molecule has 0 aliphatic rings. The SMILES string of the molecule is COC(=O)Cc1nc(C)cc(-c2ccccc2Br)n1. The number of carbonyl (C=O) groups excluding carboxylic acids is 1. The highest BCUT2D eigenvalue weighted by Crippen LogP contribution is 2.26. The highest BCUT2D eigenvalue weighted by atomic mass is 79.9. The van der Waals surface area contributed by atoms with E-state index >= 15 is 0 Å². The summed E-state index contributed by atoms with van der Waals surface area (Å²) in [5.41, 5.74) is 2.58. The van der Waals surface area contributed by atoms with Crippen LogP contribution < -0.4 is 0 Å². The van der Waals surface area contributed by atoms with Gasteiger partial charge in [-0.15, -0.1) is 0 Å². The quantitative estimate of drug-likeness (QED) is 0.816. The third-order valence-electron chi connectivity index (χ3n) is 2.58. The number of carbonyl (C=O) groups is 1. The van der Waals surface area contributed by atoms with Crippen LogP contribution >= 0.6 is 15.9 Å². The van der Waals surface area contributed by atoms with Gasteiger partial charge in [-0.05, 0) is 19.1 Å². The minimum atomic E-state index is -0.344. The van der Waals surface area contributed by atoms with Crippen molar-refractivity contribution in [2.45, 2.75) is 13.3 Å². The molecule has 0 N–H and O–H groups in total. The molecule has 5 heteroatoms. The third kappa shape index (κ3) is 3.38. The van der Waals surface area contributed by atoms with Crippen LogP contribution in [0.5, 0.6) is 0 Å². The van der Waals surface area contributed by atoms with Crippen molar-refractivity contribution < 1.29 is 9.53 Å². The number of hydrogen-bond donors (Lipinski definition) is 0. The second kappa shape index (κ2) is 5.93. The number of nitrogens with zero attached hydrogens (tertiary/aromatic N) is 2. The highest BCUT2D eigenvalue weighted by molar-refractivity contribution is 9.10. The zero-order valence-electron chi connectivity index (χ0n) is 10.7. The Morgan fingerprint density at radius 3 is 2.74 bits per heavy atom. The number of benzene rings is 1. The van der Waals surface area contributed by atoms with Crippen molar-refractivity contribution >= 4 is 21.9 Å². The predicted molar refractivity (Wildman–Crippen MR) is 75.6 cm³/mol. The van der Waals surface area contributed by atoms with Crippen LogP contribution in [-0.2, 0) is 16.0 Å². The normalized spacial score (nSPS) is 10.3. The smallest absolute Gasteiger partial charge is 0.313 e. The summed E-state index contributed by atoms with van der Waals surface area (Å²) in [6, 6.07) is 9.69. The summed E-state index contributed by atoms with van der Waals surface area (Å²) in [5, 5.41) is 0. The van der Waals surface area contributed by atoms with E-state index in [1.165, 1.54) is 7.11 Å². The summed E-state index contributed by atoms with van der Waals surface area (Å²) >= 11 is 3.49. The molecular weight excluding hydrogens is 308 g/mol. The van der Waals surface area contributed by atoms with Gasteiger partial charge < -0.3 is 4.74 Å². The Labute approximate surface area is 120 Å². The minimum Gasteiger partial charge on any atom is -0.469 e. The molecular formula is C14H13BrN2O2. The van der Waals surface area contributed by atoms with Gasteiger partial charge in [0.15, 0.2) is 0 Å². The van der Waals surface area contributed by atoms with Crippen LogP contribution in [0.25, 0.3) is 11.3 Å². The molecule has 0 amide bonds. The van der Waals surface area contributed by atoms with E-state index in [4.69, 9.17) is 0 Å². The van der Waals surface area contributed by atoms with Gasteiger partial charge in [0.25, 0.3) is 0 Å². The summed E-state index contributed by atoms with van der Waals surface area (Å²) in [6.07, 6.45) is 0.0790. The number of aromatic nitrogens is 2. The zero-order valence-corrected chi connectivity index (χ0v) is 12.3. The molecule has 0 spiro atoms. The molecule has 0 fully saturated rings. The number of hydrogen-bond acceptors (Lipinski definition) is 4. The molecule has 1 aromatic heterocycles. The second-order valence-corrected chi connectivity index (χ2v) is 4.90. The third-order valence-corrected chi connectivity index (χ3v) is 3.27. The van der Waals surface area contributed by atoms with Gasteiger partial charge in [-0.1, -0.05) is 34.1 Å². The molecule has 4 nitrogen and oxygen atoms in total. The molecule has 1 aromatic carbocycles. The van der Waals surface area contributed by atoms with Crippen molar-refractivity contribution in [1.82, 2.24) is 9.97 Å². The number of aryl methyl sites for hydroxylation is 1. The van der Waals surface area contributed by atoms with E-state index in [0.717, 1.165) is 21.4 Å². The van der Waals surface area contributed by atoms with Crippen LogP contribution in [0.4, 0.5) is 0 Å². The predicted octanol–water partition coefficient (Wildman–Crippen LogP) is 2.93. The van der Waals surface area contributed by atoms with Gasteiger partial charge in [-0.3, -0.25) is 4.79 Å². The lowest BCUT2D eigenvalue weighted by Crippen LogP contribution is -2.09. The van der Waals surface area contributed by atoms with E-state index in [9.17, 15) is 4.79 Å². The summed E-state index contributed by atoms with van der Waals surface area (Å²) < 4.78 is 5.59. The lowest BCUT2D eigenvalue weighted by molar-refractivity contribution is -0.139. The van der Waals surface area contributed by atoms with Crippen LogP contribution in [0, 0.1) is 6.92 Å². The molecule has 0 radical (unpaired) electrons. The van der Waals surface area contributed by atoms with Crippen molar-refractivity contribution in [2.24, 2.45) is 0 Å². The molecule has 0 atom stereocenters. The van der Waals surface area contributed by atoms with E-state index in [1.807, 2.05) is 37.3 Å². The van der Waals surface area contributed by atoms with Crippen LogP contribution in [0.1, 0.15) is 11.5 Å². The lowest BCUT2D eigenvalue weighted by atomic mass is 10.1.